The first-order valence-corrected chi connectivity index (χ1v) is 5.17. The van der Waals surface area contributed by atoms with Gasteiger partial charge in [0.25, 0.3) is 0 Å². The van der Waals surface area contributed by atoms with E-state index in [1.165, 1.54) is 0 Å². The summed E-state index contributed by atoms with van der Waals surface area (Å²) in [5, 5.41) is 20.6. The van der Waals surface area contributed by atoms with E-state index in [0.29, 0.717) is 13.0 Å². The number of hydrogen-bond donors (Lipinski definition) is 2. The molecule has 14 heavy (non-hydrogen) atoms. The Morgan fingerprint density at radius 3 is 2.93 bits per heavy atom. The fourth-order valence-corrected chi connectivity index (χ4v) is 1.68. The molecule has 0 aromatic rings. The average molecular weight is 198 g/mol. The molecule has 80 valence electrons. The Bertz CT molecular complexity index is 203. The number of ether oxygens (including phenoxy) is 1. The number of rotatable bonds is 5. The van der Waals surface area contributed by atoms with Crippen molar-refractivity contribution in [2.24, 2.45) is 0 Å². The molecule has 0 saturated carbocycles. The summed E-state index contributed by atoms with van der Waals surface area (Å²) in [6.45, 7) is 2.86. The predicted octanol–water partition coefficient (Wildman–Crippen LogP) is 0.418. The minimum atomic E-state index is -0.230. The molecule has 0 spiro atoms. The van der Waals surface area contributed by atoms with E-state index in [0.717, 1.165) is 12.8 Å². The van der Waals surface area contributed by atoms with Crippen molar-refractivity contribution in [3.05, 3.63) is 0 Å². The third-order valence-corrected chi connectivity index (χ3v) is 2.47. The SMILES string of the molecule is CC1CCC(C(C#N)NCCCO)O1. The number of nitrogens with zero attached hydrogens (tertiary/aromatic N) is 1. The molecular formula is C10H18N2O2. The molecule has 4 heteroatoms. The van der Waals surface area contributed by atoms with E-state index in [9.17, 15) is 0 Å². The van der Waals surface area contributed by atoms with Gasteiger partial charge in [-0.2, -0.15) is 5.26 Å². The third kappa shape index (κ3) is 3.26. The van der Waals surface area contributed by atoms with E-state index in [1.54, 1.807) is 0 Å². The summed E-state index contributed by atoms with van der Waals surface area (Å²) < 4.78 is 5.60. The minimum absolute atomic E-state index is 0.0219. The molecule has 1 heterocycles. The van der Waals surface area contributed by atoms with Crippen LogP contribution in [0.2, 0.25) is 0 Å². The molecule has 0 radical (unpaired) electrons. The average Bonchev–Trinajstić information content (AvgIpc) is 2.60. The van der Waals surface area contributed by atoms with E-state index >= 15 is 0 Å². The maximum atomic E-state index is 8.92. The zero-order chi connectivity index (χ0) is 10.4. The van der Waals surface area contributed by atoms with Crippen molar-refractivity contribution in [2.45, 2.75) is 44.4 Å². The van der Waals surface area contributed by atoms with Crippen molar-refractivity contribution in [2.75, 3.05) is 13.2 Å². The fourth-order valence-electron chi connectivity index (χ4n) is 1.68. The molecule has 1 aliphatic rings. The molecule has 0 aromatic carbocycles. The van der Waals surface area contributed by atoms with Crippen LogP contribution in [-0.2, 0) is 4.74 Å². The zero-order valence-electron chi connectivity index (χ0n) is 8.57. The Morgan fingerprint density at radius 1 is 1.64 bits per heavy atom. The Morgan fingerprint density at radius 2 is 2.43 bits per heavy atom. The summed E-state index contributed by atoms with van der Waals surface area (Å²) in [5.41, 5.74) is 0. The number of aliphatic hydroxyl groups excluding tert-OH is 1. The Balaban J connectivity index is 2.28. The summed E-state index contributed by atoms with van der Waals surface area (Å²) in [4.78, 5) is 0. The van der Waals surface area contributed by atoms with Crippen LogP contribution in [0.5, 0.6) is 0 Å². The third-order valence-electron chi connectivity index (χ3n) is 2.47. The molecular weight excluding hydrogens is 180 g/mol. The van der Waals surface area contributed by atoms with Crippen LogP contribution in [0.15, 0.2) is 0 Å². The van der Waals surface area contributed by atoms with Gasteiger partial charge in [-0.25, -0.2) is 0 Å². The van der Waals surface area contributed by atoms with Crippen LogP contribution in [0.4, 0.5) is 0 Å². The van der Waals surface area contributed by atoms with Crippen molar-refractivity contribution >= 4 is 0 Å². The monoisotopic (exact) mass is 198 g/mol. The number of nitrogens with one attached hydrogen (secondary N) is 1. The molecule has 1 saturated heterocycles. The predicted molar refractivity (Wildman–Crippen MR) is 52.7 cm³/mol. The highest BCUT2D eigenvalue weighted by atomic mass is 16.5. The lowest BCUT2D eigenvalue weighted by molar-refractivity contribution is 0.0430. The second-order valence-corrected chi connectivity index (χ2v) is 3.70. The van der Waals surface area contributed by atoms with Gasteiger partial charge in [0.15, 0.2) is 0 Å². The van der Waals surface area contributed by atoms with Crippen LogP contribution in [0.25, 0.3) is 0 Å². The highest BCUT2D eigenvalue weighted by Crippen LogP contribution is 2.21. The van der Waals surface area contributed by atoms with Crippen LogP contribution < -0.4 is 5.32 Å². The summed E-state index contributed by atoms with van der Waals surface area (Å²) in [7, 11) is 0. The van der Waals surface area contributed by atoms with Crippen molar-refractivity contribution < 1.29 is 9.84 Å². The molecule has 1 rings (SSSR count). The topological polar surface area (TPSA) is 65.3 Å². The van der Waals surface area contributed by atoms with Gasteiger partial charge in [0, 0.05) is 6.61 Å². The van der Waals surface area contributed by atoms with Gasteiger partial charge in [-0.15, -0.1) is 0 Å². The standard InChI is InChI=1S/C10H18N2O2/c1-8-3-4-10(14-8)9(7-11)12-5-2-6-13/h8-10,12-13H,2-6H2,1H3. The van der Waals surface area contributed by atoms with Crippen LogP contribution in [0, 0.1) is 11.3 Å². The summed E-state index contributed by atoms with van der Waals surface area (Å²) >= 11 is 0. The van der Waals surface area contributed by atoms with Gasteiger partial charge in [0.2, 0.25) is 0 Å². The lowest BCUT2D eigenvalue weighted by Gasteiger charge is -2.18. The van der Waals surface area contributed by atoms with Crippen LogP contribution in [-0.4, -0.2) is 36.5 Å². The molecule has 1 aliphatic heterocycles. The van der Waals surface area contributed by atoms with Crippen molar-refractivity contribution in [1.82, 2.24) is 5.32 Å². The zero-order valence-corrected chi connectivity index (χ0v) is 8.57. The number of aliphatic hydroxyl groups is 1. The van der Waals surface area contributed by atoms with E-state index in [2.05, 4.69) is 11.4 Å². The Hall–Kier alpha value is -0.630. The van der Waals surface area contributed by atoms with Gasteiger partial charge < -0.3 is 9.84 Å². The van der Waals surface area contributed by atoms with Crippen LogP contribution >= 0.6 is 0 Å². The Kier molecular flexibility index (Phi) is 4.88. The first-order valence-electron chi connectivity index (χ1n) is 5.17. The largest absolute Gasteiger partial charge is 0.396 e. The van der Waals surface area contributed by atoms with E-state index in [-0.39, 0.29) is 24.9 Å². The molecule has 0 aromatic heterocycles. The highest BCUT2D eigenvalue weighted by Gasteiger charge is 2.28. The maximum absolute atomic E-state index is 8.92. The molecule has 3 atom stereocenters. The first kappa shape index (κ1) is 11.4. The second kappa shape index (κ2) is 5.97. The molecule has 4 nitrogen and oxygen atoms in total. The molecule has 1 fully saturated rings. The normalized spacial score (nSPS) is 28.6. The summed E-state index contributed by atoms with van der Waals surface area (Å²) in [6, 6.07) is 1.98. The van der Waals surface area contributed by atoms with Gasteiger partial charge in [-0.3, -0.25) is 5.32 Å². The lowest BCUT2D eigenvalue weighted by Crippen LogP contribution is -2.39. The van der Waals surface area contributed by atoms with Gasteiger partial charge in [-0.1, -0.05) is 0 Å². The highest BCUT2D eigenvalue weighted by molar-refractivity contribution is 4.98. The smallest absolute Gasteiger partial charge is 0.122 e. The van der Waals surface area contributed by atoms with Crippen LogP contribution in [0.1, 0.15) is 26.2 Å². The van der Waals surface area contributed by atoms with Crippen molar-refractivity contribution in [3.8, 4) is 6.07 Å². The second-order valence-electron chi connectivity index (χ2n) is 3.70. The summed E-state index contributed by atoms with van der Waals surface area (Å²) in [6.07, 6.45) is 2.96. The van der Waals surface area contributed by atoms with E-state index < -0.39 is 0 Å². The van der Waals surface area contributed by atoms with Gasteiger partial charge in [-0.05, 0) is 32.7 Å². The fraction of sp³-hybridized carbons (Fsp3) is 0.900. The number of nitriles is 1. The molecule has 0 amide bonds. The van der Waals surface area contributed by atoms with Crippen molar-refractivity contribution in [3.63, 3.8) is 0 Å². The van der Waals surface area contributed by atoms with E-state index in [1.807, 2.05) is 6.92 Å². The van der Waals surface area contributed by atoms with Gasteiger partial charge in [0.1, 0.15) is 6.04 Å². The minimum Gasteiger partial charge on any atom is -0.396 e. The van der Waals surface area contributed by atoms with Crippen molar-refractivity contribution in [1.29, 1.82) is 5.26 Å². The Labute approximate surface area is 84.9 Å². The first-order chi connectivity index (χ1) is 6.77. The molecule has 3 unspecified atom stereocenters. The lowest BCUT2D eigenvalue weighted by atomic mass is 10.1. The molecule has 0 aliphatic carbocycles. The van der Waals surface area contributed by atoms with Gasteiger partial charge >= 0.3 is 0 Å². The van der Waals surface area contributed by atoms with Gasteiger partial charge in [0.05, 0.1) is 18.3 Å². The summed E-state index contributed by atoms with van der Waals surface area (Å²) in [5.74, 6) is 0. The van der Waals surface area contributed by atoms with E-state index in [4.69, 9.17) is 15.1 Å². The maximum Gasteiger partial charge on any atom is 0.122 e. The van der Waals surface area contributed by atoms with Crippen LogP contribution in [0.3, 0.4) is 0 Å². The number of hydrogen-bond acceptors (Lipinski definition) is 4. The molecule has 2 N–H and O–H groups in total. The quantitative estimate of drug-likeness (QED) is 0.628. The molecule has 0 bridgehead atoms.